The molecule has 3 aromatic rings. The molecule has 32 heavy (non-hydrogen) atoms. The number of nitrogens with zero attached hydrogens (tertiary/aromatic N) is 3. The number of halogens is 1. The van der Waals surface area contributed by atoms with E-state index in [9.17, 15) is 24.5 Å². The number of nitro benzene ring substituents is 1. The van der Waals surface area contributed by atoms with E-state index in [1.807, 2.05) is 0 Å². The number of hydrogen-bond acceptors (Lipinski definition) is 5. The third-order valence-corrected chi connectivity index (χ3v) is 5.38. The van der Waals surface area contributed by atoms with E-state index in [0.717, 1.165) is 4.90 Å². The Balaban J connectivity index is 1.77. The molecule has 1 aliphatic heterocycles. The number of non-ortho nitro benzene ring substituents is 1. The third kappa shape index (κ3) is 3.65. The van der Waals surface area contributed by atoms with Crippen molar-refractivity contribution < 1.29 is 19.3 Å². The van der Waals surface area contributed by atoms with Gasteiger partial charge >= 0.3 is 6.03 Å². The van der Waals surface area contributed by atoms with Gasteiger partial charge in [0.2, 0.25) is 0 Å². The molecule has 4 amide bonds. The Hall–Kier alpha value is -4.24. The molecule has 160 valence electrons. The number of anilines is 1. The average Bonchev–Trinajstić information content (AvgIpc) is 3.22. The summed E-state index contributed by atoms with van der Waals surface area (Å²) in [6.07, 6.45) is 2.97. The van der Waals surface area contributed by atoms with Crippen LogP contribution in [0.5, 0.6) is 0 Å². The van der Waals surface area contributed by atoms with Crippen molar-refractivity contribution in [2.75, 3.05) is 4.90 Å². The van der Waals surface area contributed by atoms with E-state index >= 15 is 0 Å². The van der Waals surface area contributed by atoms with Crippen LogP contribution in [-0.2, 0) is 9.59 Å². The molecule has 0 bridgehead atoms. The van der Waals surface area contributed by atoms with Crippen LogP contribution in [0.2, 0.25) is 5.02 Å². The zero-order valence-electron chi connectivity index (χ0n) is 16.6. The quantitative estimate of drug-likeness (QED) is 0.279. The molecule has 0 aliphatic carbocycles. The summed E-state index contributed by atoms with van der Waals surface area (Å²) in [5.41, 5.74) is 1.28. The highest BCUT2D eigenvalue weighted by atomic mass is 35.5. The monoisotopic (exact) mass is 450 g/mol. The van der Waals surface area contributed by atoms with Crippen LogP contribution < -0.4 is 10.2 Å². The van der Waals surface area contributed by atoms with E-state index in [0.29, 0.717) is 22.0 Å². The van der Waals surface area contributed by atoms with Gasteiger partial charge in [-0.3, -0.25) is 25.0 Å². The number of barbiturate groups is 1. The predicted octanol–water partition coefficient (Wildman–Crippen LogP) is 4.01. The highest BCUT2D eigenvalue weighted by molar-refractivity contribution is 6.39. The second kappa shape index (κ2) is 8.12. The fraction of sp³-hybridized carbons (Fsp3) is 0.0455. The molecule has 1 aliphatic rings. The van der Waals surface area contributed by atoms with E-state index in [1.54, 1.807) is 54.1 Å². The molecule has 0 unspecified atom stereocenters. The van der Waals surface area contributed by atoms with E-state index in [-0.39, 0.29) is 16.9 Å². The maximum atomic E-state index is 13.2. The molecule has 2 aromatic carbocycles. The van der Waals surface area contributed by atoms with Crippen LogP contribution in [-0.4, -0.2) is 27.3 Å². The number of rotatable bonds is 4. The van der Waals surface area contributed by atoms with E-state index in [2.05, 4.69) is 5.32 Å². The number of nitrogens with one attached hydrogen (secondary N) is 1. The molecule has 1 N–H and O–H groups in total. The molecule has 0 atom stereocenters. The van der Waals surface area contributed by atoms with Gasteiger partial charge in [0.05, 0.1) is 16.3 Å². The minimum atomic E-state index is -0.878. The first-order chi connectivity index (χ1) is 15.3. The summed E-state index contributed by atoms with van der Waals surface area (Å²) in [4.78, 5) is 49.5. The Morgan fingerprint density at radius 2 is 1.81 bits per heavy atom. The molecule has 4 rings (SSSR count). The molecule has 1 saturated heterocycles. The normalized spacial score (nSPS) is 15.2. The number of imide groups is 2. The largest absolute Gasteiger partial charge is 0.335 e. The number of carbonyl (C=O) groups excluding carboxylic acids is 3. The van der Waals surface area contributed by atoms with Crippen molar-refractivity contribution in [3.05, 3.63) is 92.8 Å². The number of amides is 4. The molecular weight excluding hydrogens is 436 g/mol. The Morgan fingerprint density at radius 1 is 1.06 bits per heavy atom. The lowest BCUT2D eigenvalue weighted by Crippen LogP contribution is -2.54. The number of urea groups is 1. The van der Waals surface area contributed by atoms with Gasteiger partial charge in [0.25, 0.3) is 17.5 Å². The maximum Gasteiger partial charge on any atom is 0.335 e. The van der Waals surface area contributed by atoms with Gasteiger partial charge in [-0.25, -0.2) is 9.69 Å². The van der Waals surface area contributed by atoms with Gasteiger partial charge < -0.3 is 4.57 Å². The smallest absolute Gasteiger partial charge is 0.317 e. The summed E-state index contributed by atoms with van der Waals surface area (Å²) in [6.45, 7) is 1.66. The van der Waals surface area contributed by atoms with Gasteiger partial charge in [-0.15, -0.1) is 0 Å². The van der Waals surface area contributed by atoms with Gasteiger partial charge in [-0.1, -0.05) is 23.7 Å². The van der Waals surface area contributed by atoms with Crippen molar-refractivity contribution in [3.63, 3.8) is 0 Å². The first-order valence-electron chi connectivity index (χ1n) is 9.36. The molecule has 10 heteroatoms. The minimum absolute atomic E-state index is 0.102. The van der Waals surface area contributed by atoms with Crippen LogP contribution in [0.4, 0.5) is 16.2 Å². The fourth-order valence-corrected chi connectivity index (χ4v) is 3.54. The van der Waals surface area contributed by atoms with Crippen molar-refractivity contribution in [2.45, 2.75) is 6.92 Å². The van der Waals surface area contributed by atoms with Gasteiger partial charge in [0.15, 0.2) is 0 Å². The molecule has 2 heterocycles. The second-order valence-corrected chi connectivity index (χ2v) is 7.33. The van der Waals surface area contributed by atoms with Crippen LogP contribution in [0.15, 0.2) is 66.4 Å². The maximum absolute atomic E-state index is 13.2. The van der Waals surface area contributed by atoms with Gasteiger partial charge in [-0.2, -0.15) is 0 Å². The minimum Gasteiger partial charge on any atom is -0.317 e. The first-order valence-corrected chi connectivity index (χ1v) is 9.74. The van der Waals surface area contributed by atoms with Crippen molar-refractivity contribution >= 4 is 46.9 Å². The van der Waals surface area contributed by atoms with Crippen molar-refractivity contribution in [3.8, 4) is 5.69 Å². The lowest BCUT2D eigenvalue weighted by molar-refractivity contribution is -0.384. The lowest BCUT2D eigenvalue weighted by Gasteiger charge is -2.27. The number of benzene rings is 2. The van der Waals surface area contributed by atoms with E-state index < -0.39 is 22.8 Å². The SMILES string of the molecule is Cc1c(Cl)cccc1N1C(=O)NC(=O)/C(=C\c2cccn2-c2cccc([N+](=O)[O-])c2)C1=O. The van der Waals surface area contributed by atoms with Crippen molar-refractivity contribution in [2.24, 2.45) is 0 Å². The van der Waals surface area contributed by atoms with E-state index in [4.69, 9.17) is 11.6 Å². The summed E-state index contributed by atoms with van der Waals surface area (Å²) in [6, 6.07) is 13.1. The van der Waals surface area contributed by atoms with Crippen LogP contribution in [0, 0.1) is 17.0 Å². The number of hydrogen-bond donors (Lipinski definition) is 1. The average molecular weight is 451 g/mol. The molecular formula is C22H15ClN4O5. The number of carbonyl (C=O) groups is 3. The standard InChI is InChI=1S/C22H15ClN4O5/c1-13-18(23)8-3-9-19(13)26-21(29)17(20(28)24-22(26)30)12-15-7-4-10-25(15)14-5-2-6-16(11-14)27(31)32/h2-12H,1H3,(H,24,28,30)/b17-12+. The second-order valence-electron chi connectivity index (χ2n) is 6.92. The summed E-state index contributed by atoms with van der Waals surface area (Å²) in [5.74, 6) is -1.65. The molecule has 9 nitrogen and oxygen atoms in total. The Labute approximate surface area is 186 Å². The third-order valence-electron chi connectivity index (χ3n) is 4.97. The number of nitro groups is 1. The summed E-state index contributed by atoms with van der Waals surface area (Å²) >= 11 is 6.13. The molecule has 0 saturated carbocycles. The predicted molar refractivity (Wildman–Crippen MR) is 118 cm³/mol. The highest BCUT2D eigenvalue weighted by Crippen LogP contribution is 2.30. The van der Waals surface area contributed by atoms with Crippen LogP contribution in [0.3, 0.4) is 0 Å². The Morgan fingerprint density at radius 3 is 2.56 bits per heavy atom. The molecule has 0 radical (unpaired) electrons. The molecule has 1 aromatic heterocycles. The van der Waals surface area contributed by atoms with Gasteiger partial charge in [-0.05, 0) is 48.9 Å². The lowest BCUT2D eigenvalue weighted by atomic mass is 10.1. The molecule has 0 spiro atoms. The first kappa shape index (κ1) is 21.0. The van der Waals surface area contributed by atoms with E-state index in [1.165, 1.54) is 24.3 Å². The zero-order valence-corrected chi connectivity index (χ0v) is 17.4. The van der Waals surface area contributed by atoms with Crippen LogP contribution in [0.25, 0.3) is 11.8 Å². The summed E-state index contributed by atoms with van der Waals surface area (Å²) in [7, 11) is 0. The molecule has 1 fully saturated rings. The summed E-state index contributed by atoms with van der Waals surface area (Å²) < 4.78 is 1.59. The van der Waals surface area contributed by atoms with Crippen LogP contribution >= 0.6 is 11.6 Å². The highest BCUT2D eigenvalue weighted by Gasteiger charge is 2.37. The van der Waals surface area contributed by atoms with Crippen molar-refractivity contribution in [1.29, 1.82) is 0 Å². The van der Waals surface area contributed by atoms with Crippen LogP contribution in [0.1, 0.15) is 11.3 Å². The fourth-order valence-electron chi connectivity index (χ4n) is 3.37. The van der Waals surface area contributed by atoms with Gasteiger partial charge in [0, 0.05) is 29.0 Å². The topological polar surface area (TPSA) is 115 Å². The Kier molecular flexibility index (Phi) is 5.33. The Bertz CT molecular complexity index is 1330. The summed E-state index contributed by atoms with van der Waals surface area (Å²) in [5, 5.41) is 13.6. The van der Waals surface area contributed by atoms with Gasteiger partial charge in [0.1, 0.15) is 5.57 Å². The zero-order chi connectivity index (χ0) is 23.0. The number of aromatic nitrogens is 1. The van der Waals surface area contributed by atoms with Crippen molar-refractivity contribution in [1.82, 2.24) is 9.88 Å².